The molecule has 2 rings (SSSR count). The van der Waals surface area contributed by atoms with E-state index in [0.29, 0.717) is 0 Å². The first-order valence-corrected chi connectivity index (χ1v) is 8.31. The Morgan fingerprint density at radius 3 is 1.07 bits per heavy atom. The second-order valence-electron chi connectivity index (χ2n) is 5.81. The summed E-state index contributed by atoms with van der Waals surface area (Å²) >= 11 is 0. The van der Waals surface area contributed by atoms with Crippen LogP contribution in [-0.2, 0) is 0 Å². The first-order valence-electron chi connectivity index (χ1n) is 8.31. The number of carboxylic acid groups (broad SMARTS) is 4. The molecular formula is C20H16O10. The molecule has 0 atom stereocenters. The van der Waals surface area contributed by atoms with Crippen LogP contribution in [0, 0.1) is 0 Å². The highest BCUT2D eigenvalue weighted by Gasteiger charge is 2.13. The minimum absolute atomic E-state index is 0.0268. The zero-order valence-corrected chi connectivity index (χ0v) is 15.3. The van der Waals surface area contributed by atoms with Crippen molar-refractivity contribution in [2.24, 2.45) is 0 Å². The van der Waals surface area contributed by atoms with Gasteiger partial charge in [-0.1, -0.05) is 0 Å². The van der Waals surface area contributed by atoms with Crippen molar-refractivity contribution in [2.75, 3.05) is 13.2 Å². The van der Waals surface area contributed by atoms with Gasteiger partial charge in [-0.25, -0.2) is 19.2 Å². The zero-order chi connectivity index (χ0) is 22.3. The van der Waals surface area contributed by atoms with E-state index in [1.807, 2.05) is 0 Å². The van der Waals surface area contributed by atoms with Crippen LogP contribution in [0.1, 0.15) is 41.4 Å². The van der Waals surface area contributed by atoms with Gasteiger partial charge in [0.2, 0.25) is 0 Å². The van der Waals surface area contributed by atoms with Crippen LogP contribution in [0.3, 0.4) is 0 Å². The number of rotatable bonds is 10. The lowest BCUT2D eigenvalue weighted by atomic mass is 10.1. The normalized spacial score (nSPS) is 10.5. The molecule has 0 radical (unpaired) electrons. The van der Waals surface area contributed by atoms with Gasteiger partial charge in [-0.2, -0.15) is 0 Å². The molecule has 0 saturated heterocycles. The Hall–Kier alpha value is -4.34. The molecule has 0 fully saturated rings. The van der Waals surface area contributed by atoms with Crippen molar-refractivity contribution in [1.82, 2.24) is 0 Å². The molecule has 0 saturated carbocycles. The lowest BCUT2D eigenvalue weighted by Crippen LogP contribution is -2.05. The number of benzene rings is 2. The van der Waals surface area contributed by atoms with Gasteiger partial charge < -0.3 is 29.9 Å². The molecule has 30 heavy (non-hydrogen) atoms. The predicted molar refractivity (Wildman–Crippen MR) is 101 cm³/mol. The Labute approximate surface area is 169 Å². The average molecular weight is 416 g/mol. The van der Waals surface area contributed by atoms with Gasteiger partial charge in [0.15, 0.2) is 0 Å². The van der Waals surface area contributed by atoms with Gasteiger partial charge in [-0.3, -0.25) is 0 Å². The number of hydrogen-bond donors (Lipinski definition) is 4. The topological polar surface area (TPSA) is 168 Å². The molecule has 0 aliphatic carbocycles. The smallest absolute Gasteiger partial charge is 0.335 e. The maximum Gasteiger partial charge on any atom is 0.335 e. The van der Waals surface area contributed by atoms with Gasteiger partial charge in [0.1, 0.15) is 24.7 Å². The third-order valence-corrected chi connectivity index (χ3v) is 3.66. The third-order valence-electron chi connectivity index (χ3n) is 3.66. The molecule has 0 heterocycles. The van der Waals surface area contributed by atoms with Gasteiger partial charge in [0, 0.05) is 0 Å². The monoisotopic (exact) mass is 416 g/mol. The third kappa shape index (κ3) is 6.09. The van der Waals surface area contributed by atoms with E-state index >= 15 is 0 Å². The van der Waals surface area contributed by atoms with Crippen molar-refractivity contribution >= 4 is 23.9 Å². The second kappa shape index (κ2) is 9.73. The lowest BCUT2D eigenvalue weighted by Gasteiger charge is -2.07. The van der Waals surface area contributed by atoms with Crippen LogP contribution in [0.4, 0.5) is 0 Å². The highest BCUT2D eigenvalue weighted by atomic mass is 16.5. The highest BCUT2D eigenvalue weighted by Crippen LogP contribution is 2.19. The number of ether oxygens (including phenoxy) is 2. The Bertz CT molecular complexity index is 876. The molecule has 0 amide bonds. The second-order valence-corrected chi connectivity index (χ2v) is 5.81. The maximum absolute atomic E-state index is 11.1. The molecule has 0 aromatic heterocycles. The minimum Gasteiger partial charge on any atom is -0.489 e. The summed E-state index contributed by atoms with van der Waals surface area (Å²) in [6.07, 6.45) is 3.01. The van der Waals surface area contributed by atoms with E-state index in [9.17, 15) is 19.2 Å². The van der Waals surface area contributed by atoms with Crippen LogP contribution < -0.4 is 9.47 Å². The number of aromatic carboxylic acids is 4. The fraction of sp³-hybridized carbons (Fsp3) is 0.100. The zero-order valence-electron chi connectivity index (χ0n) is 15.3. The maximum atomic E-state index is 11.1. The van der Waals surface area contributed by atoms with Crippen molar-refractivity contribution in [3.63, 3.8) is 0 Å². The van der Waals surface area contributed by atoms with Crippen LogP contribution in [-0.4, -0.2) is 57.5 Å². The van der Waals surface area contributed by atoms with Crippen molar-refractivity contribution in [3.8, 4) is 11.5 Å². The molecule has 0 unspecified atom stereocenters. The van der Waals surface area contributed by atoms with E-state index in [-0.39, 0.29) is 47.0 Å². The summed E-state index contributed by atoms with van der Waals surface area (Å²) in [6.45, 7) is -0.0535. The molecule has 0 aliphatic heterocycles. The van der Waals surface area contributed by atoms with E-state index in [1.54, 1.807) is 0 Å². The Morgan fingerprint density at radius 2 is 0.833 bits per heavy atom. The van der Waals surface area contributed by atoms with E-state index in [2.05, 4.69) is 0 Å². The molecule has 0 spiro atoms. The van der Waals surface area contributed by atoms with Gasteiger partial charge in [-0.05, 0) is 48.6 Å². The molecule has 2 aromatic carbocycles. The Morgan fingerprint density at radius 1 is 0.567 bits per heavy atom. The molecule has 2 aromatic rings. The van der Waals surface area contributed by atoms with Crippen LogP contribution in [0.5, 0.6) is 11.5 Å². The summed E-state index contributed by atoms with van der Waals surface area (Å²) in [5.41, 5.74) is -0.927. The molecule has 0 bridgehead atoms. The van der Waals surface area contributed by atoms with Gasteiger partial charge in [0.25, 0.3) is 0 Å². The summed E-state index contributed by atoms with van der Waals surface area (Å²) in [4.78, 5) is 44.2. The van der Waals surface area contributed by atoms with Crippen LogP contribution in [0.2, 0.25) is 0 Å². The molecular weight excluding hydrogens is 400 g/mol. The SMILES string of the molecule is O=C(O)c1cc(OCC=CCOc2cc(C(=O)O)cc(C(=O)O)c2)cc(C(=O)O)c1. The quantitative estimate of drug-likeness (QED) is 0.422. The Balaban J connectivity index is 1.97. The van der Waals surface area contributed by atoms with Crippen molar-refractivity contribution in [2.45, 2.75) is 0 Å². The van der Waals surface area contributed by atoms with Crippen molar-refractivity contribution in [1.29, 1.82) is 0 Å². The summed E-state index contributed by atoms with van der Waals surface area (Å²) in [7, 11) is 0. The average Bonchev–Trinajstić information content (AvgIpc) is 2.69. The number of carbonyl (C=O) groups is 4. The van der Waals surface area contributed by atoms with Crippen LogP contribution in [0.15, 0.2) is 48.6 Å². The van der Waals surface area contributed by atoms with Crippen LogP contribution >= 0.6 is 0 Å². The molecule has 4 N–H and O–H groups in total. The van der Waals surface area contributed by atoms with E-state index in [0.717, 1.165) is 12.1 Å². The van der Waals surface area contributed by atoms with E-state index < -0.39 is 23.9 Å². The van der Waals surface area contributed by atoms with Crippen molar-refractivity contribution < 1.29 is 49.1 Å². The predicted octanol–water partition coefficient (Wildman–Crippen LogP) is 2.49. The summed E-state index contributed by atoms with van der Waals surface area (Å²) in [6, 6.07) is 6.76. The van der Waals surface area contributed by atoms with Gasteiger partial charge in [-0.15, -0.1) is 0 Å². The largest absolute Gasteiger partial charge is 0.489 e. The van der Waals surface area contributed by atoms with Gasteiger partial charge >= 0.3 is 23.9 Å². The fourth-order valence-corrected chi connectivity index (χ4v) is 2.28. The first-order chi connectivity index (χ1) is 14.2. The lowest BCUT2D eigenvalue weighted by molar-refractivity contribution is 0.0675. The molecule has 156 valence electrons. The molecule has 0 aliphatic rings. The Kier molecular flexibility index (Phi) is 7.12. The van der Waals surface area contributed by atoms with E-state index in [4.69, 9.17) is 29.9 Å². The summed E-state index contributed by atoms with van der Waals surface area (Å²) in [5.74, 6) is -5.07. The number of carboxylic acids is 4. The van der Waals surface area contributed by atoms with Crippen LogP contribution in [0.25, 0.3) is 0 Å². The van der Waals surface area contributed by atoms with Gasteiger partial charge in [0.05, 0.1) is 22.3 Å². The summed E-state index contributed by atoms with van der Waals surface area (Å²) < 4.78 is 10.6. The minimum atomic E-state index is -1.30. The summed E-state index contributed by atoms with van der Waals surface area (Å²) in [5, 5.41) is 36.1. The van der Waals surface area contributed by atoms with E-state index in [1.165, 1.54) is 36.4 Å². The highest BCUT2D eigenvalue weighted by molar-refractivity contribution is 5.95. The standard InChI is InChI=1S/C20H16O10/c21-17(22)11-5-12(18(23)24)8-15(7-11)29-3-1-2-4-30-16-9-13(19(25)26)6-14(10-16)20(27)28/h1-2,5-10H,3-4H2,(H,21,22)(H,23,24)(H,25,26)(H,27,28). The molecule has 10 nitrogen and oxygen atoms in total. The fourth-order valence-electron chi connectivity index (χ4n) is 2.28. The first kappa shape index (κ1) is 22.0. The number of hydrogen-bond acceptors (Lipinski definition) is 6. The van der Waals surface area contributed by atoms with Crippen molar-refractivity contribution in [3.05, 3.63) is 70.8 Å². The molecule has 10 heteroatoms.